The highest BCUT2D eigenvalue weighted by molar-refractivity contribution is 6.07. The highest BCUT2D eigenvalue weighted by atomic mass is 35.5. The van der Waals surface area contributed by atoms with Gasteiger partial charge in [-0.2, -0.15) is 0 Å². The number of piperidine rings is 1. The van der Waals surface area contributed by atoms with E-state index in [1.165, 1.54) is 0 Å². The third-order valence-corrected chi connectivity index (χ3v) is 4.87. The van der Waals surface area contributed by atoms with Crippen molar-refractivity contribution in [2.24, 2.45) is 0 Å². The van der Waals surface area contributed by atoms with E-state index in [2.05, 4.69) is 16.0 Å². The van der Waals surface area contributed by atoms with Crippen LogP contribution in [0.5, 0.6) is 0 Å². The fourth-order valence-corrected chi connectivity index (χ4v) is 3.27. The minimum atomic E-state index is -1.10. The summed E-state index contributed by atoms with van der Waals surface area (Å²) >= 11 is 0. The van der Waals surface area contributed by atoms with Crippen molar-refractivity contribution in [2.45, 2.75) is 31.3 Å². The lowest BCUT2D eigenvalue weighted by Crippen LogP contribution is -2.47. The Hall–Kier alpha value is -2.12. The van der Waals surface area contributed by atoms with Gasteiger partial charge in [-0.15, -0.1) is 12.4 Å². The third-order valence-electron chi connectivity index (χ3n) is 4.87. The van der Waals surface area contributed by atoms with E-state index in [1.807, 2.05) is 11.9 Å². The van der Waals surface area contributed by atoms with Gasteiger partial charge in [0.15, 0.2) is 0 Å². The van der Waals surface area contributed by atoms with Crippen LogP contribution in [-0.2, 0) is 10.3 Å². The summed E-state index contributed by atoms with van der Waals surface area (Å²) in [6.07, 6.45) is 2.06. The Morgan fingerprint density at radius 3 is 2.52 bits per heavy atom. The Balaban J connectivity index is 0.00000225. The van der Waals surface area contributed by atoms with Gasteiger partial charge in [0.05, 0.1) is 0 Å². The fourth-order valence-electron chi connectivity index (χ4n) is 3.27. The van der Waals surface area contributed by atoms with Crippen molar-refractivity contribution in [3.63, 3.8) is 0 Å². The molecule has 0 aliphatic carbocycles. The van der Waals surface area contributed by atoms with Crippen molar-refractivity contribution in [2.75, 3.05) is 20.1 Å². The molecule has 0 bridgehead atoms. The summed E-state index contributed by atoms with van der Waals surface area (Å²) in [5.41, 5.74) is 0.138. The van der Waals surface area contributed by atoms with Gasteiger partial charge in [0.2, 0.25) is 0 Å². The van der Waals surface area contributed by atoms with E-state index in [1.54, 1.807) is 31.2 Å². The van der Waals surface area contributed by atoms with E-state index in [-0.39, 0.29) is 24.2 Å². The zero-order valence-electron chi connectivity index (χ0n) is 14.3. The minimum absolute atomic E-state index is 0. The summed E-state index contributed by atoms with van der Waals surface area (Å²) in [6.45, 7) is 3.11. The highest BCUT2D eigenvalue weighted by Crippen LogP contribution is 2.25. The van der Waals surface area contributed by atoms with Crippen molar-refractivity contribution in [1.82, 2.24) is 20.9 Å². The summed E-state index contributed by atoms with van der Waals surface area (Å²) in [4.78, 5) is 37.8. The zero-order chi connectivity index (χ0) is 17.3. The summed E-state index contributed by atoms with van der Waals surface area (Å²) in [7, 11) is 1.91. The molecule has 1 aromatic rings. The molecule has 2 saturated heterocycles. The van der Waals surface area contributed by atoms with Crippen LogP contribution >= 0.6 is 12.4 Å². The number of benzene rings is 1. The molecule has 2 unspecified atom stereocenters. The lowest BCUT2D eigenvalue weighted by molar-refractivity contribution is -0.123. The molecule has 136 valence electrons. The average Bonchev–Trinajstić information content (AvgIpc) is 2.87. The maximum Gasteiger partial charge on any atom is 0.322 e. The van der Waals surface area contributed by atoms with E-state index in [4.69, 9.17) is 0 Å². The highest BCUT2D eigenvalue weighted by Gasteiger charge is 2.43. The molecule has 3 N–H and O–H groups in total. The normalized spacial score (nSPS) is 25.8. The number of likely N-dealkylation sites (tertiary alicyclic amines) is 1. The number of amides is 4. The summed E-state index contributed by atoms with van der Waals surface area (Å²) < 4.78 is 0. The number of urea groups is 1. The monoisotopic (exact) mass is 366 g/mol. The van der Waals surface area contributed by atoms with Crippen LogP contribution in [0.25, 0.3) is 0 Å². The number of carbonyl (C=O) groups excluding carboxylic acids is 3. The van der Waals surface area contributed by atoms with Crippen molar-refractivity contribution < 1.29 is 14.4 Å². The topological polar surface area (TPSA) is 90.5 Å². The first-order valence-electron chi connectivity index (χ1n) is 8.14. The molecular weight excluding hydrogens is 344 g/mol. The van der Waals surface area contributed by atoms with Gasteiger partial charge in [0.25, 0.3) is 11.8 Å². The van der Waals surface area contributed by atoms with Gasteiger partial charge in [-0.25, -0.2) is 4.79 Å². The zero-order valence-corrected chi connectivity index (χ0v) is 15.1. The average molecular weight is 367 g/mol. The minimum Gasteiger partial charge on any atom is -0.337 e. The van der Waals surface area contributed by atoms with Crippen LogP contribution in [0.2, 0.25) is 0 Å². The van der Waals surface area contributed by atoms with Crippen molar-refractivity contribution >= 4 is 30.3 Å². The smallest absolute Gasteiger partial charge is 0.322 e. The molecule has 2 fully saturated rings. The molecular formula is C17H23ClN4O3. The molecule has 2 aliphatic rings. The van der Waals surface area contributed by atoms with Crippen LogP contribution in [0.15, 0.2) is 24.3 Å². The molecule has 0 saturated carbocycles. The Kier molecular flexibility index (Phi) is 5.69. The second-order valence-electron chi connectivity index (χ2n) is 6.49. The number of rotatable bonds is 3. The maximum absolute atomic E-state index is 12.6. The number of nitrogens with one attached hydrogen (secondary N) is 3. The van der Waals surface area contributed by atoms with Gasteiger partial charge in [-0.3, -0.25) is 14.9 Å². The molecule has 0 spiro atoms. The Morgan fingerprint density at radius 2 is 1.96 bits per heavy atom. The van der Waals surface area contributed by atoms with Gasteiger partial charge in [-0.1, -0.05) is 12.1 Å². The number of nitrogens with zero attached hydrogens (tertiary/aromatic N) is 1. The van der Waals surface area contributed by atoms with E-state index < -0.39 is 11.6 Å². The first kappa shape index (κ1) is 19.2. The number of halogens is 1. The predicted molar refractivity (Wildman–Crippen MR) is 95.7 cm³/mol. The van der Waals surface area contributed by atoms with Crippen molar-refractivity contribution in [3.8, 4) is 0 Å². The molecule has 25 heavy (non-hydrogen) atoms. The van der Waals surface area contributed by atoms with Crippen LogP contribution in [0.4, 0.5) is 4.79 Å². The Morgan fingerprint density at radius 1 is 1.28 bits per heavy atom. The summed E-state index contributed by atoms with van der Waals surface area (Å²) in [6, 6.07) is 6.69. The number of hydrogen-bond acceptors (Lipinski definition) is 4. The number of carbonyl (C=O) groups is 3. The quantitative estimate of drug-likeness (QED) is 0.696. The van der Waals surface area contributed by atoms with Crippen LogP contribution in [0.1, 0.15) is 35.7 Å². The molecule has 2 aliphatic heterocycles. The summed E-state index contributed by atoms with van der Waals surface area (Å²) in [5.74, 6) is -0.397. The molecule has 7 nitrogen and oxygen atoms in total. The summed E-state index contributed by atoms with van der Waals surface area (Å²) in [5, 5.41) is 8.08. The van der Waals surface area contributed by atoms with Crippen molar-refractivity contribution in [1.29, 1.82) is 0 Å². The van der Waals surface area contributed by atoms with Gasteiger partial charge in [0.1, 0.15) is 5.54 Å². The van der Waals surface area contributed by atoms with Gasteiger partial charge < -0.3 is 15.5 Å². The van der Waals surface area contributed by atoms with E-state index in [9.17, 15) is 14.4 Å². The third kappa shape index (κ3) is 3.62. The van der Waals surface area contributed by atoms with E-state index in [0.717, 1.165) is 19.4 Å². The van der Waals surface area contributed by atoms with Gasteiger partial charge >= 0.3 is 6.03 Å². The van der Waals surface area contributed by atoms with Crippen LogP contribution in [0.3, 0.4) is 0 Å². The second kappa shape index (κ2) is 7.41. The number of likely N-dealkylation sites (N-methyl/N-ethyl adjacent to an activating group) is 1. The van der Waals surface area contributed by atoms with E-state index in [0.29, 0.717) is 23.7 Å². The van der Waals surface area contributed by atoms with Crippen LogP contribution in [-0.4, -0.2) is 48.9 Å². The first-order valence-corrected chi connectivity index (χ1v) is 8.14. The largest absolute Gasteiger partial charge is 0.337 e. The molecule has 4 amide bonds. The standard InChI is InChI=1S/C17H22N4O3.ClH/c1-17(15(23)19-16(24)20-17)12-7-5-11(6-8-12)14(22)21-9-3-4-13(10-21)18-2;/h5-8,13,18H,3-4,9-10H2,1-2H3,(H2,19,20,23,24);1H. The van der Waals surface area contributed by atoms with Gasteiger partial charge in [0, 0.05) is 24.7 Å². The molecule has 2 heterocycles. The Bertz CT molecular complexity index is 679. The fraction of sp³-hybridized carbons (Fsp3) is 0.471. The number of hydrogen-bond donors (Lipinski definition) is 3. The lowest BCUT2D eigenvalue weighted by atomic mass is 9.91. The molecule has 8 heteroatoms. The van der Waals surface area contributed by atoms with Crippen LogP contribution in [0, 0.1) is 0 Å². The lowest BCUT2D eigenvalue weighted by Gasteiger charge is -2.32. The predicted octanol–water partition coefficient (Wildman–Crippen LogP) is 0.987. The maximum atomic E-state index is 12.6. The Labute approximate surface area is 152 Å². The molecule has 3 rings (SSSR count). The van der Waals surface area contributed by atoms with E-state index >= 15 is 0 Å². The van der Waals surface area contributed by atoms with Crippen LogP contribution < -0.4 is 16.0 Å². The first-order chi connectivity index (χ1) is 11.4. The van der Waals surface area contributed by atoms with Crippen molar-refractivity contribution in [3.05, 3.63) is 35.4 Å². The molecule has 1 aromatic carbocycles. The molecule has 0 aromatic heterocycles. The SMILES string of the molecule is CNC1CCCN(C(=O)c2ccc(C3(C)NC(=O)NC3=O)cc2)C1.Cl. The molecule has 0 radical (unpaired) electrons. The number of imide groups is 1. The molecule has 2 atom stereocenters. The second-order valence-corrected chi connectivity index (χ2v) is 6.49. The van der Waals surface area contributed by atoms with Gasteiger partial charge in [-0.05, 0) is 44.5 Å².